The highest BCUT2D eigenvalue weighted by atomic mass is 16.2. The molecular formula is C13H19N5O2. The summed E-state index contributed by atoms with van der Waals surface area (Å²) in [5.74, 6) is 5.01. The summed E-state index contributed by atoms with van der Waals surface area (Å²) in [4.78, 5) is 27.2. The summed E-state index contributed by atoms with van der Waals surface area (Å²) in [5, 5.41) is 5.63. The number of nitrogens with two attached hydrogens (primary N) is 1. The lowest BCUT2D eigenvalue weighted by Crippen LogP contribution is -2.28. The van der Waals surface area contributed by atoms with E-state index in [2.05, 4.69) is 21.0 Å². The molecule has 1 aliphatic rings. The van der Waals surface area contributed by atoms with Crippen molar-refractivity contribution in [2.75, 3.05) is 12.0 Å². The first kappa shape index (κ1) is 14.3. The maximum absolute atomic E-state index is 11.8. The van der Waals surface area contributed by atoms with Crippen LogP contribution in [0.25, 0.3) is 0 Å². The van der Waals surface area contributed by atoms with Crippen LogP contribution < -0.4 is 21.9 Å². The molecule has 1 fully saturated rings. The van der Waals surface area contributed by atoms with E-state index in [1.807, 2.05) is 0 Å². The molecule has 2 rings (SSSR count). The lowest BCUT2D eigenvalue weighted by atomic mass is 10.2. The number of hydrazine groups is 1. The summed E-state index contributed by atoms with van der Waals surface area (Å²) in [5.41, 5.74) is 3.40. The van der Waals surface area contributed by atoms with Gasteiger partial charge in [-0.15, -0.1) is 0 Å². The predicted molar refractivity (Wildman–Crippen MR) is 74.8 cm³/mol. The number of carbonyl (C=O) groups is 2. The molecule has 0 atom stereocenters. The van der Waals surface area contributed by atoms with Gasteiger partial charge in [-0.25, -0.2) is 4.98 Å². The van der Waals surface area contributed by atoms with Crippen LogP contribution in [-0.2, 0) is 4.79 Å². The number of hydrogen-bond donors (Lipinski definition) is 4. The first-order chi connectivity index (χ1) is 9.69. The number of aromatic nitrogens is 1. The monoisotopic (exact) mass is 277 g/mol. The molecular weight excluding hydrogens is 258 g/mol. The van der Waals surface area contributed by atoms with Crippen LogP contribution in [0, 0.1) is 0 Å². The SMILES string of the molecule is NNc1ccc(C(=O)NCCCC(=O)NC2CC2)nc1. The van der Waals surface area contributed by atoms with Gasteiger partial charge in [-0.1, -0.05) is 0 Å². The first-order valence-corrected chi connectivity index (χ1v) is 6.69. The molecule has 1 aromatic rings. The molecule has 0 aromatic carbocycles. The highest BCUT2D eigenvalue weighted by Crippen LogP contribution is 2.18. The standard InChI is InChI=1S/C13H19N5O2/c14-18-10-5-6-11(16-8-10)13(20)15-7-1-2-12(19)17-9-3-4-9/h5-6,8-9,18H,1-4,7,14H2,(H,15,20)(H,17,19). The molecule has 1 heterocycles. The van der Waals surface area contributed by atoms with Crippen LogP contribution >= 0.6 is 0 Å². The van der Waals surface area contributed by atoms with E-state index in [0.29, 0.717) is 36.8 Å². The number of nitrogens with one attached hydrogen (secondary N) is 3. The van der Waals surface area contributed by atoms with E-state index in [9.17, 15) is 9.59 Å². The topological polar surface area (TPSA) is 109 Å². The van der Waals surface area contributed by atoms with Gasteiger partial charge < -0.3 is 16.1 Å². The normalized spacial score (nSPS) is 13.7. The Balaban J connectivity index is 1.64. The molecule has 1 saturated carbocycles. The molecule has 1 aliphatic carbocycles. The summed E-state index contributed by atoms with van der Waals surface area (Å²) in [6, 6.07) is 3.64. The number of nitrogen functional groups attached to an aromatic ring is 1. The van der Waals surface area contributed by atoms with E-state index in [-0.39, 0.29) is 11.8 Å². The second kappa shape index (κ2) is 6.85. The van der Waals surface area contributed by atoms with Crippen molar-refractivity contribution in [3.63, 3.8) is 0 Å². The Morgan fingerprint density at radius 3 is 2.75 bits per heavy atom. The fourth-order valence-corrected chi connectivity index (χ4v) is 1.68. The first-order valence-electron chi connectivity index (χ1n) is 6.69. The van der Waals surface area contributed by atoms with E-state index in [0.717, 1.165) is 12.8 Å². The van der Waals surface area contributed by atoms with Crippen molar-refractivity contribution in [1.29, 1.82) is 0 Å². The number of carbonyl (C=O) groups excluding carboxylic acids is 2. The molecule has 7 nitrogen and oxygen atoms in total. The van der Waals surface area contributed by atoms with Crippen molar-refractivity contribution in [1.82, 2.24) is 15.6 Å². The van der Waals surface area contributed by atoms with Gasteiger partial charge >= 0.3 is 0 Å². The minimum Gasteiger partial charge on any atom is -0.353 e. The van der Waals surface area contributed by atoms with Gasteiger partial charge in [-0.05, 0) is 31.4 Å². The van der Waals surface area contributed by atoms with Crippen LogP contribution in [0.3, 0.4) is 0 Å². The van der Waals surface area contributed by atoms with Gasteiger partial charge in [0.05, 0.1) is 11.9 Å². The van der Waals surface area contributed by atoms with E-state index in [1.54, 1.807) is 12.1 Å². The van der Waals surface area contributed by atoms with Crippen LogP contribution in [0.2, 0.25) is 0 Å². The smallest absolute Gasteiger partial charge is 0.269 e. The lowest BCUT2D eigenvalue weighted by molar-refractivity contribution is -0.121. The predicted octanol–water partition coefficient (Wildman–Crippen LogP) is 0.156. The number of amides is 2. The van der Waals surface area contributed by atoms with E-state index in [1.165, 1.54) is 6.20 Å². The van der Waals surface area contributed by atoms with Gasteiger partial charge in [0.1, 0.15) is 5.69 Å². The molecule has 5 N–H and O–H groups in total. The van der Waals surface area contributed by atoms with Crippen molar-refractivity contribution in [2.45, 2.75) is 31.7 Å². The molecule has 0 aliphatic heterocycles. The zero-order valence-corrected chi connectivity index (χ0v) is 11.2. The fraction of sp³-hybridized carbons (Fsp3) is 0.462. The molecule has 0 unspecified atom stereocenters. The Morgan fingerprint density at radius 1 is 1.35 bits per heavy atom. The van der Waals surface area contributed by atoms with Crippen LogP contribution in [-0.4, -0.2) is 29.4 Å². The van der Waals surface area contributed by atoms with Crippen LogP contribution in [0.5, 0.6) is 0 Å². The van der Waals surface area contributed by atoms with Gasteiger partial charge in [-0.2, -0.15) is 0 Å². The second-order valence-corrected chi connectivity index (χ2v) is 4.78. The van der Waals surface area contributed by atoms with Gasteiger partial charge in [0.2, 0.25) is 5.91 Å². The van der Waals surface area contributed by atoms with Gasteiger partial charge in [0, 0.05) is 19.0 Å². The van der Waals surface area contributed by atoms with Crippen molar-refractivity contribution in [3.8, 4) is 0 Å². The molecule has 0 spiro atoms. The van der Waals surface area contributed by atoms with Crippen molar-refractivity contribution in [3.05, 3.63) is 24.0 Å². The highest BCUT2D eigenvalue weighted by Gasteiger charge is 2.22. The number of anilines is 1. The summed E-state index contributed by atoms with van der Waals surface area (Å²) >= 11 is 0. The Labute approximate surface area is 117 Å². The third kappa shape index (κ3) is 4.51. The number of pyridine rings is 1. The molecule has 0 bridgehead atoms. The van der Waals surface area contributed by atoms with E-state index in [4.69, 9.17) is 5.84 Å². The van der Waals surface area contributed by atoms with Crippen molar-refractivity contribution < 1.29 is 9.59 Å². The molecule has 20 heavy (non-hydrogen) atoms. The zero-order chi connectivity index (χ0) is 14.4. The summed E-state index contributed by atoms with van der Waals surface area (Å²) < 4.78 is 0. The van der Waals surface area contributed by atoms with Crippen LogP contribution in [0.4, 0.5) is 5.69 Å². The third-order valence-corrected chi connectivity index (χ3v) is 2.97. The minimum atomic E-state index is -0.254. The average Bonchev–Trinajstić information content (AvgIpc) is 3.27. The number of hydrogen-bond acceptors (Lipinski definition) is 5. The number of rotatable bonds is 7. The van der Waals surface area contributed by atoms with E-state index >= 15 is 0 Å². The zero-order valence-electron chi connectivity index (χ0n) is 11.2. The largest absolute Gasteiger partial charge is 0.353 e. The second-order valence-electron chi connectivity index (χ2n) is 4.78. The third-order valence-electron chi connectivity index (χ3n) is 2.97. The maximum atomic E-state index is 11.8. The van der Waals surface area contributed by atoms with Gasteiger partial charge in [-0.3, -0.25) is 15.4 Å². The molecule has 0 radical (unpaired) electrons. The molecule has 108 valence electrons. The average molecular weight is 277 g/mol. The number of nitrogens with zero attached hydrogens (tertiary/aromatic N) is 1. The van der Waals surface area contributed by atoms with Crippen molar-refractivity contribution >= 4 is 17.5 Å². The Bertz CT molecular complexity index is 470. The quantitative estimate of drug-likeness (QED) is 0.322. The van der Waals surface area contributed by atoms with Gasteiger partial charge in [0.15, 0.2) is 0 Å². The maximum Gasteiger partial charge on any atom is 0.269 e. The van der Waals surface area contributed by atoms with Gasteiger partial charge in [0.25, 0.3) is 5.91 Å². The van der Waals surface area contributed by atoms with Crippen LogP contribution in [0.1, 0.15) is 36.2 Å². The van der Waals surface area contributed by atoms with E-state index < -0.39 is 0 Å². The molecule has 0 saturated heterocycles. The summed E-state index contributed by atoms with van der Waals surface area (Å²) in [6.07, 6.45) is 4.70. The highest BCUT2D eigenvalue weighted by molar-refractivity contribution is 5.92. The lowest BCUT2D eigenvalue weighted by Gasteiger charge is -2.06. The molecule has 7 heteroatoms. The molecule has 2 amide bonds. The van der Waals surface area contributed by atoms with Crippen molar-refractivity contribution in [2.24, 2.45) is 5.84 Å². The summed E-state index contributed by atoms with van der Waals surface area (Å²) in [7, 11) is 0. The fourth-order valence-electron chi connectivity index (χ4n) is 1.68. The Kier molecular flexibility index (Phi) is 4.89. The van der Waals surface area contributed by atoms with Crippen LogP contribution in [0.15, 0.2) is 18.3 Å². The minimum absolute atomic E-state index is 0.0539. The molecule has 1 aromatic heterocycles. The summed E-state index contributed by atoms with van der Waals surface area (Å²) in [6.45, 7) is 0.454. The Hall–Kier alpha value is -2.15. The Morgan fingerprint density at radius 2 is 2.15 bits per heavy atom.